The molecule has 98 valence electrons. The van der Waals surface area contributed by atoms with Gasteiger partial charge in [0.2, 0.25) is 0 Å². The van der Waals surface area contributed by atoms with E-state index in [0.717, 1.165) is 24.2 Å². The average molecular weight is 255 g/mol. The molecule has 0 unspecified atom stereocenters. The van der Waals surface area contributed by atoms with E-state index in [2.05, 4.69) is 22.6 Å². The third-order valence-electron chi connectivity index (χ3n) is 3.86. The minimum Gasteiger partial charge on any atom is -0.361 e. The summed E-state index contributed by atoms with van der Waals surface area (Å²) in [4.78, 5) is 2.43. The van der Waals surface area contributed by atoms with Gasteiger partial charge >= 0.3 is 0 Å². The minimum atomic E-state index is 0.616. The first-order valence-electron chi connectivity index (χ1n) is 7.00. The first-order chi connectivity index (χ1) is 8.25. The van der Waals surface area contributed by atoms with Crippen molar-refractivity contribution in [2.75, 3.05) is 20.1 Å². The Hall–Kier alpha value is -0.350. The van der Waals surface area contributed by atoms with Gasteiger partial charge in [-0.2, -0.15) is 0 Å². The van der Waals surface area contributed by atoms with Gasteiger partial charge in [0.1, 0.15) is 0 Å². The Morgan fingerprint density at radius 3 is 2.53 bits per heavy atom. The van der Waals surface area contributed by atoms with Crippen LogP contribution in [0.2, 0.25) is 0 Å². The van der Waals surface area contributed by atoms with E-state index in [0.29, 0.717) is 6.04 Å². The number of rotatable bonds is 5. The molecule has 2 rings (SSSR count). The summed E-state index contributed by atoms with van der Waals surface area (Å²) in [6.07, 6.45) is 9.41. The lowest BCUT2D eigenvalue weighted by Gasteiger charge is -2.25. The highest BCUT2D eigenvalue weighted by molar-refractivity contribution is 7.80. The predicted molar refractivity (Wildman–Crippen MR) is 76.3 cm³/mol. The van der Waals surface area contributed by atoms with Crippen molar-refractivity contribution in [3.63, 3.8) is 0 Å². The highest BCUT2D eigenvalue weighted by Gasteiger charge is 2.25. The summed E-state index contributed by atoms with van der Waals surface area (Å²) in [5, 5.41) is 7.61. The number of likely N-dealkylation sites (N-methyl/N-ethyl adjacent to an activating group) is 1. The van der Waals surface area contributed by atoms with Crippen LogP contribution in [0, 0.1) is 0 Å². The zero-order chi connectivity index (χ0) is 12.1. The summed E-state index contributed by atoms with van der Waals surface area (Å²) in [7, 11) is 2.21. The Morgan fingerprint density at radius 1 is 1.18 bits per heavy atom. The van der Waals surface area contributed by atoms with E-state index in [4.69, 9.17) is 12.2 Å². The van der Waals surface area contributed by atoms with Crippen molar-refractivity contribution >= 4 is 17.3 Å². The van der Waals surface area contributed by atoms with Gasteiger partial charge in [-0.15, -0.1) is 0 Å². The molecule has 0 amide bonds. The molecule has 2 saturated carbocycles. The molecule has 0 aromatic rings. The lowest BCUT2D eigenvalue weighted by atomic mass is 9.96. The van der Waals surface area contributed by atoms with Crippen LogP contribution in [0.4, 0.5) is 0 Å². The third kappa shape index (κ3) is 4.80. The zero-order valence-corrected chi connectivity index (χ0v) is 11.7. The molecular weight excluding hydrogens is 230 g/mol. The molecule has 0 spiro atoms. The van der Waals surface area contributed by atoms with Crippen molar-refractivity contribution in [3.8, 4) is 0 Å². The molecule has 0 heterocycles. The van der Waals surface area contributed by atoms with Crippen molar-refractivity contribution in [1.82, 2.24) is 15.5 Å². The number of nitrogens with zero attached hydrogens (tertiary/aromatic N) is 1. The van der Waals surface area contributed by atoms with Crippen molar-refractivity contribution < 1.29 is 0 Å². The molecule has 0 radical (unpaired) electrons. The van der Waals surface area contributed by atoms with Gasteiger partial charge in [-0.1, -0.05) is 19.3 Å². The van der Waals surface area contributed by atoms with Crippen LogP contribution in [0.3, 0.4) is 0 Å². The van der Waals surface area contributed by atoms with E-state index in [1.807, 2.05) is 0 Å². The van der Waals surface area contributed by atoms with Crippen LogP contribution in [0.15, 0.2) is 0 Å². The molecule has 4 heteroatoms. The van der Waals surface area contributed by atoms with Crippen molar-refractivity contribution in [2.24, 2.45) is 0 Å². The first kappa shape index (κ1) is 13.1. The van der Waals surface area contributed by atoms with Gasteiger partial charge in [0, 0.05) is 25.2 Å². The minimum absolute atomic E-state index is 0.616. The van der Waals surface area contributed by atoms with E-state index in [-0.39, 0.29) is 0 Å². The second-order valence-corrected chi connectivity index (χ2v) is 5.86. The largest absolute Gasteiger partial charge is 0.361 e. The first-order valence-corrected chi connectivity index (χ1v) is 7.41. The Morgan fingerprint density at radius 2 is 1.88 bits per heavy atom. The molecule has 2 N–H and O–H groups in total. The van der Waals surface area contributed by atoms with E-state index in [1.165, 1.54) is 44.9 Å². The molecule has 2 aliphatic rings. The smallest absolute Gasteiger partial charge is 0.166 e. The van der Waals surface area contributed by atoms with Gasteiger partial charge in [-0.3, -0.25) is 0 Å². The maximum Gasteiger partial charge on any atom is 0.166 e. The maximum atomic E-state index is 5.33. The monoisotopic (exact) mass is 255 g/mol. The zero-order valence-electron chi connectivity index (χ0n) is 10.9. The normalized spacial score (nSPS) is 21.5. The van der Waals surface area contributed by atoms with Crippen LogP contribution in [-0.2, 0) is 0 Å². The fourth-order valence-electron chi connectivity index (χ4n) is 2.53. The van der Waals surface area contributed by atoms with Gasteiger partial charge < -0.3 is 15.5 Å². The molecule has 0 atom stereocenters. The summed E-state index contributed by atoms with van der Waals surface area (Å²) in [5.74, 6) is 0. The fraction of sp³-hybridized carbons (Fsp3) is 0.923. The third-order valence-corrected chi connectivity index (χ3v) is 4.12. The Bertz CT molecular complexity index is 247. The maximum absolute atomic E-state index is 5.33. The number of hydrogen-bond donors (Lipinski definition) is 2. The molecule has 3 nitrogen and oxygen atoms in total. The SMILES string of the molecule is CN(CCNC(=S)NC1CCCCC1)C1CC1. The molecular formula is C13H25N3S. The molecule has 0 bridgehead atoms. The molecule has 0 aromatic carbocycles. The molecule has 0 saturated heterocycles. The Kier molecular flexibility index (Phi) is 5.04. The van der Waals surface area contributed by atoms with Gasteiger partial charge in [0.25, 0.3) is 0 Å². The van der Waals surface area contributed by atoms with Crippen molar-refractivity contribution in [1.29, 1.82) is 0 Å². The van der Waals surface area contributed by atoms with E-state index in [1.54, 1.807) is 0 Å². The molecule has 2 aliphatic carbocycles. The summed E-state index contributed by atoms with van der Waals surface area (Å²) < 4.78 is 0. The van der Waals surface area contributed by atoms with Crippen molar-refractivity contribution in [2.45, 2.75) is 57.0 Å². The standard InChI is InChI=1S/C13H25N3S/c1-16(12-7-8-12)10-9-14-13(17)15-11-5-3-2-4-6-11/h11-12H,2-10H2,1H3,(H2,14,15,17). The van der Waals surface area contributed by atoms with Gasteiger partial charge in [-0.05, 0) is 44.9 Å². The highest BCUT2D eigenvalue weighted by Crippen LogP contribution is 2.24. The van der Waals surface area contributed by atoms with Gasteiger partial charge in [0.15, 0.2) is 5.11 Å². The van der Waals surface area contributed by atoms with Crippen LogP contribution < -0.4 is 10.6 Å². The number of nitrogens with one attached hydrogen (secondary N) is 2. The Labute approximate surface area is 110 Å². The molecule has 0 aliphatic heterocycles. The summed E-state index contributed by atoms with van der Waals surface area (Å²) in [5.41, 5.74) is 0. The fourth-order valence-corrected chi connectivity index (χ4v) is 2.80. The second-order valence-electron chi connectivity index (χ2n) is 5.45. The second kappa shape index (κ2) is 6.55. The van der Waals surface area contributed by atoms with Crippen LogP contribution >= 0.6 is 12.2 Å². The summed E-state index contributed by atoms with van der Waals surface area (Å²) >= 11 is 5.33. The Balaban J connectivity index is 1.53. The lowest BCUT2D eigenvalue weighted by molar-refractivity contribution is 0.328. The van der Waals surface area contributed by atoms with Crippen LogP contribution in [0.5, 0.6) is 0 Å². The highest BCUT2D eigenvalue weighted by atomic mass is 32.1. The number of hydrogen-bond acceptors (Lipinski definition) is 2. The lowest BCUT2D eigenvalue weighted by Crippen LogP contribution is -2.44. The average Bonchev–Trinajstić information content (AvgIpc) is 3.14. The van der Waals surface area contributed by atoms with E-state index < -0.39 is 0 Å². The van der Waals surface area contributed by atoms with E-state index in [9.17, 15) is 0 Å². The van der Waals surface area contributed by atoms with Crippen LogP contribution in [0.25, 0.3) is 0 Å². The van der Waals surface area contributed by atoms with Crippen LogP contribution in [-0.4, -0.2) is 42.2 Å². The van der Waals surface area contributed by atoms with Gasteiger partial charge in [0.05, 0.1) is 0 Å². The van der Waals surface area contributed by atoms with E-state index >= 15 is 0 Å². The molecule has 0 aromatic heterocycles. The topological polar surface area (TPSA) is 27.3 Å². The predicted octanol–water partition coefficient (Wildman–Crippen LogP) is 1.88. The summed E-state index contributed by atoms with van der Waals surface area (Å²) in [6, 6.07) is 1.46. The van der Waals surface area contributed by atoms with Crippen LogP contribution in [0.1, 0.15) is 44.9 Å². The van der Waals surface area contributed by atoms with Crippen molar-refractivity contribution in [3.05, 3.63) is 0 Å². The number of thiocarbonyl (C=S) groups is 1. The quantitative estimate of drug-likeness (QED) is 0.734. The van der Waals surface area contributed by atoms with Gasteiger partial charge in [-0.25, -0.2) is 0 Å². The molecule has 17 heavy (non-hydrogen) atoms. The molecule has 2 fully saturated rings. The summed E-state index contributed by atoms with van der Waals surface area (Å²) in [6.45, 7) is 2.06.